The van der Waals surface area contributed by atoms with Crippen molar-refractivity contribution < 1.29 is 28.6 Å². The third-order valence-electron chi connectivity index (χ3n) is 15.8. The minimum absolute atomic E-state index is 0.0623. The second kappa shape index (κ2) is 58.1. The second-order valence-corrected chi connectivity index (χ2v) is 24.3. The largest absolute Gasteiger partial charge is 0.462 e. The first kappa shape index (κ1) is 71.4. The lowest BCUT2D eigenvalue weighted by molar-refractivity contribution is -0.167. The first-order valence-electron chi connectivity index (χ1n) is 33.1. The zero-order valence-corrected chi connectivity index (χ0v) is 50.4. The van der Waals surface area contributed by atoms with E-state index < -0.39 is 6.10 Å². The van der Waals surface area contributed by atoms with E-state index in [0.717, 1.165) is 75.5 Å². The Bertz CT molecular complexity index is 1130. The van der Waals surface area contributed by atoms with Crippen molar-refractivity contribution in [1.82, 2.24) is 0 Å². The van der Waals surface area contributed by atoms with Gasteiger partial charge in [0, 0.05) is 19.3 Å². The molecule has 0 N–H and O–H groups in total. The van der Waals surface area contributed by atoms with E-state index in [-0.39, 0.29) is 31.1 Å². The van der Waals surface area contributed by atoms with Crippen molar-refractivity contribution in [2.75, 3.05) is 13.2 Å². The molecule has 0 fully saturated rings. The van der Waals surface area contributed by atoms with Crippen LogP contribution in [0.25, 0.3) is 0 Å². The van der Waals surface area contributed by atoms with Crippen LogP contribution < -0.4 is 0 Å². The van der Waals surface area contributed by atoms with Gasteiger partial charge in [-0.15, -0.1) is 0 Å². The number of ether oxygens (including phenoxy) is 3. The van der Waals surface area contributed by atoms with Gasteiger partial charge in [0.15, 0.2) is 6.10 Å². The Morgan fingerprint density at radius 2 is 0.479 bits per heavy atom. The van der Waals surface area contributed by atoms with E-state index in [1.54, 1.807) is 0 Å². The summed E-state index contributed by atoms with van der Waals surface area (Å²) in [5.74, 6) is 1.76. The molecule has 0 rings (SSSR count). The van der Waals surface area contributed by atoms with Crippen LogP contribution in [0.1, 0.15) is 375 Å². The Hall–Kier alpha value is -1.59. The molecule has 0 radical (unpaired) electrons. The third kappa shape index (κ3) is 59.5. The Morgan fingerprint density at radius 3 is 0.712 bits per heavy atom. The summed E-state index contributed by atoms with van der Waals surface area (Å²) in [5, 5.41) is 0. The normalized spacial score (nSPS) is 12.5. The van der Waals surface area contributed by atoms with E-state index in [1.165, 1.54) is 257 Å². The highest BCUT2D eigenvalue weighted by atomic mass is 16.6. The molecule has 0 aliphatic heterocycles. The van der Waals surface area contributed by atoms with E-state index in [1.807, 2.05) is 0 Å². The third-order valence-corrected chi connectivity index (χ3v) is 15.8. The summed E-state index contributed by atoms with van der Waals surface area (Å²) in [6.45, 7) is 13.9. The van der Waals surface area contributed by atoms with E-state index in [4.69, 9.17) is 14.2 Å². The summed E-state index contributed by atoms with van der Waals surface area (Å²) < 4.78 is 17.0. The maximum atomic E-state index is 12.9. The highest BCUT2D eigenvalue weighted by Crippen LogP contribution is 2.20. The van der Waals surface area contributed by atoms with Crippen molar-refractivity contribution in [1.29, 1.82) is 0 Å². The minimum atomic E-state index is -0.765. The monoisotopic (exact) mass is 1030 g/mol. The van der Waals surface area contributed by atoms with Crippen molar-refractivity contribution >= 4 is 17.9 Å². The van der Waals surface area contributed by atoms with Crippen molar-refractivity contribution in [2.45, 2.75) is 382 Å². The van der Waals surface area contributed by atoms with Gasteiger partial charge in [0.25, 0.3) is 0 Å². The van der Waals surface area contributed by atoms with Crippen molar-refractivity contribution in [3.63, 3.8) is 0 Å². The van der Waals surface area contributed by atoms with Crippen LogP contribution in [-0.4, -0.2) is 37.2 Å². The van der Waals surface area contributed by atoms with Crippen LogP contribution in [0.4, 0.5) is 0 Å². The summed E-state index contributed by atoms with van der Waals surface area (Å²) >= 11 is 0. The zero-order valence-electron chi connectivity index (χ0n) is 50.4. The molecule has 2 atom stereocenters. The van der Waals surface area contributed by atoms with E-state index in [2.05, 4.69) is 41.5 Å². The SMILES string of the molecule is CCC(C)CCCCCCCCCCCCCCCCC(=O)O[C@H](COC(=O)CCCCCCCCCCCCCCCCCCCCC(C)C)COC(=O)CCCCCCCCCCCCCCCC(C)C. The average Bonchev–Trinajstić information content (AvgIpc) is 3.37. The van der Waals surface area contributed by atoms with Crippen LogP contribution in [0.3, 0.4) is 0 Å². The molecule has 0 aromatic heterocycles. The molecule has 0 aliphatic rings. The lowest BCUT2D eigenvalue weighted by atomic mass is 9.99. The van der Waals surface area contributed by atoms with E-state index in [9.17, 15) is 14.4 Å². The molecule has 0 saturated carbocycles. The van der Waals surface area contributed by atoms with Gasteiger partial charge in [0.1, 0.15) is 13.2 Å². The molecule has 6 heteroatoms. The number of unbranched alkanes of at least 4 members (excludes halogenated alkanes) is 42. The molecule has 0 aromatic carbocycles. The maximum absolute atomic E-state index is 12.9. The molecule has 1 unspecified atom stereocenters. The Labute approximate surface area is 457 Å². The number of rotatable bonds is 60. The van der Waals surface area contributed by atoms with Gasteiger partial charge in [-0.25, -0.2) is 0 Å². The van der Waals surface area contributed by atoms with Gasteiger partial charge in [0.05, 0.1) is 0 Å². The summed E-state index contributed by atoms with van der Waals surface area (Å²) in [6, 6.07) is 0. The minimum Gasteiger partial charge on any atom is -0.462 e. The molecule has 0 spiro atoms. The smallest absolute Gasteiger partial charge is 0.306 e. The number of hydrogen-bond donors (Lipinski definition) is 0. The zero-order chi connectivity index (χ0) is 53.3. The molecule has 434 valence electrons. The van der Waals surface area contributed by atoms with Crippen LogP contribution in [0.2, 0.25) is 0 Å². The van der Waals surface area contributed by atoms with E-state index >= 15 is 0 Å². The van der Waals surface area contributed by atoms with Gasteiger partial charge >= 0.3 is 17.9 Å². The fourth-order valence-corrected chi connectivity index (χ4v) is 10.4. The number of carbonyl (C=O) groups is 3. The second-order valence-electron chi connectivity index (χ2n) is 24.3. The molecule has 0 aromatic rings. The van der Waals surface area contributed by atoms with Crippen LogP contribution in [0, 0.1) is 17.8 Å². The van der Waals surface area contributed by atoms with Gasteiger partial charge < -0.3 is 14.2 Å². The topological polar surface area (TPSA) is 78.9 Å². The quantitative estimate of drug-likeness (QED) is 0.0343. The molecule has 73 heavy (non-hydrogen) atoms. The first-order chi connectivity index (χ1) is 35.6. The van der Waals surface area contributed by atoms with Crippen molar-refractivity contribution in [3.05, 3.63) is 0 Å². The number of hydrogen-bond acceptors (Lipinski definition) is 6. The van der Waals surface area contributed by atoms with Gasteiger partial charge in [-0.2, -0.15) is 0 Å². The van der Waals surface area contributed by atoms with Gasteiger partial charge in [-0.3, -0.25) is 14.4 Å². The average molecular weight is 1030 g/mol. The Kier molecular flexibility index (Phi) is 56.8. The molecule has 0 aliphatic carbocycles. The first-order valence-corrected chi connectivity index (χ1v) is 33.1. The lowest BCUT2D eigenvalue weighted by Gasteiger charge is -2.18. The molecule has 0 saturated heterocycles. The molecule has 0 bridgehead atoms. The van der Waals surface area contributed by atoms with Crippen LogP contribution in [0.5, 0.6) is 0 Å². The fraction of sp³-hybridized carbons (Fsp3) is 0.955. The lowest BCUT2D eigenvalue weighted by Crippen LogP contribution is -2.30. The Balaban J connectivity index is 4.28. The van der Waals surface area contributed by atoms with Crippen LogP contribution in [-0.2, 0) is 28.6 Å². The fourth-order valence-electron chi connectivity index (χ4n) is 10.4. The summed E-state index contributed by atoms with van der Waals surface area (Å²) in [5.41, 5.74) is 0. The molecule has 0 amide bonds. The molecular weight excluding hydrogens is 901 g/mol. The molecular formula is C67H130O6. The Morgan fingerprint density at radius 1 is 0.274 bits per heavy atom. The molecule has 6 nitrogen and oxygen atoms in total. The maximum Gasteiger partial charge on any atom is 0.306 e. The number of carbonyl (C=O) groups excluding carboxylic acids is 3. The standard InChI is InChI=1S/C67H130O6/c1-7-63(6)55-49-43-37-31-25-19-14-15-21-28-34-40-46-52-58-67(70)73-64(60-72-66(69)57-51-45-39-33-27-22-16-18-24-30-36-42-48-54-62(4)5)59-71-65(68)56-50-44-38-32-26-20-13-11-9-8-10-12-17-23-29-35-41-47-53-61(2)3/h61-64H,7-60H2,1-6H3/t63?,64-/m1/s1. The van der Waals surface area contributed by atoms with E-state index in [0.29, 0.717) is 19.3 Å². The predicted molar refractivity (Wildman–Crippen MR) is 316 cm³/mol. The summed E-state index contributed by atoms with van der Waals surface area (Å²) in [7, 11) is 0. The van der Waals surface area contributed by atoms with Crippen LogP contribution >= 0.6 is 0 Å². The summed E-state index contributed by atoms with van der Waals surface area (Å²) in [6.07, 6.45) is 63.9. The van der Waals surface area contributed by atoms with Crippen molar-refractivity contribution in [3.8, 4) is 0 Å². The highest BCUT2D eigenvalue weighted by molar-refractivity contribution is 5.71. The number of esters is 3. The van der Waals surface area contributed by atoms with Gasteiger partial charge in [-0.1, -0.05) is 337 Å². The highest BCUT2D eigenvalue weighted by Gasteiger charge is 2.20. The van der Waals surface area contributed by atoms with Gasteiger partial charge in [0.2, 0.25) is 0 Å². The summed E-state index contributed by atoms with van der Waals surface area (Å²) in [4.78, 5) is 38.4. The van der Waals surface area contributed by atoms with Crippen LogP contribution in [0.15, 0.2) is 0 Å². The molecule has 0 heterocycles. The van der Waals surface area contributed by atoms with Gasteiger partial charge in [-0.05, 0) is 37.0 Å². The van der Waals surface area contributed by atoms with Crippen molar-refractivity contribution in [2.24, 2.45) is 17.8 Å². The predicted octanol–water partition coefficient (Wildman–Crippen LogP) is 22.2.